The molecule has 1 N–H and O–H groups in total. The van der Waals surface area contributed by atoms with E-state index < -0.39 is 0 Å². The van der Waals surface area contributed by atoms with Crippen molar-refractivity contribution in [3.63, 3.8) is 0 Å². The van der Waals surface area contributed by atoms with Gasteiger partial charge in [-0.1, -0.05) is 11.6 Å². The van der Waals surface area contributed by atoms with Crippen molar-refractivity contribution < 1.29 is 14.3 Å². The van der Waals surface area contributed by atoms with E-state index in [0.717, 1.165) is 30.5 Å². The standard InChI is InChI=1S/C22H29ClN6O3/c1-15-24-20(27-6-4-5-7-27)14-21(25-15)28-8-10-29(11-9-28)22(30)26-17-12-16(23)18(31-2)13-19(17)32-3/h12-14H,4-11H2,1-3H3,(H,26,30). The Balaban J connectivity index is 1.40. The van der Waals surface area contributed by atoms with Gasteiger partial charge in [0, 0.05) is 51.4 Å². The molecule has 0 saturated carbocycles. The molecule has 3 heterocycles. The Bertz CT molecular complexity index is 974. The minimum atomic E-state index is -0.194. The van der Waals surface area contributed by atoms with Gasteiger partial charge in [0.2, 0.25) is 0 Å². The Morgan fingerprint density at radius 1 is 0.906 bits per heavy atom. The third kappa shape index (κ3) is 4.77. The summed E-state index contributed by atoms with van der Waals surface area (Å²) in [7, 11) is 3.07. The Morgan fingerprint density at radius 3 is 2.09 bits per heavy atom. The average molecular weight is 461 g/mol. The van der Waals surface area contributed by atoms with Crippen molar-refractivity contribution in [2.75, 3.05) is 68.6 Å². The summed E-state index contributed by atoms with van der Waals surface area (Å²) in [6.45, 7) is 6.58. The van der Waals surface area contributed by atoms with Gasteiger partial charge in [-0.15, -0.1) is 0 Å². The van der Waals surface area contributed by atoms with Gasteiger partial charge in [-0.25, -0.2) is 14.8 Å². The van der Waals surface area contributed by atoms with E-state index in [9.17, 15) is 4.79 Å². The zero-order chi connectivity index (χ0) is 22.7. The second kappa shape index (κ2) is 9.68. The maximum atomic E-state index is 12.9. The summed E-state index contributed by atoms with van der Waals surface area (Å²) in [5.41, 5.74) is 0.507. The fourth-order valence-electron chi connectivity index (χ4n) is 4.10. The molecule has 0 atom stereocenters. The predicted molar refractivity (Wildman–Crippen MR) is 126 cm³/mol. The van der Waals surface area contributed by atoms with Gasteiger partial charge in [0.25, 0.3) is 0 Å². The van der Waals surface area contributed by atoms with E-state index in [1.54, 1.807) is 17.0 Å². The molecule has 1 aromatic carbocycles. The van der Waals surface area contributed by atoms with E-state index >= 15 is 0 Å². The summed E-state index contributed by atoms with van der Waals surface area (Å²) in [6, 6.07) is 5.17. The number of aromatic nitrogens is 2. The zero-order valence-electron chi connectivity index (χ0n) is 18.7. The fraction of sp³-hybridized carbons (Fsp3) is 0.500. The molecule has 4 rings (SSSR count). The molecule has 1 aromatic heterocycles. The lowest BCUT2D eigenvalue weighted by Crippen LogP contribution is -2.50. The Labute approximate surface area is 193 Å². The molecule has 9 nitrogen and oxygen atoms in total. The van der Waals surface area contributed by atoms with Crippen LogP contribution in [0.25, 0.3) is 0 Å². The molecule has 0 unspecified atom stereocenters. The highest BCUT2D eigenvalue weighted by atomic mass is 35.5. The number of rotatable bonds is 5. The number of carbonyl (C=O) groups excluding carboxylic acids is 1. The van der Waals surface area contributed by atoms with E-state index in [1.807, 2.05) is 6.92 Å². The third-order valence-electron chi connectivity index (χ3n) is 5.85. The van der Waals surface area contributed by atoms with Crippen LogP contribution in [-0.4, -0.2) is 74.4 Å². The van der Waals surface area contributed by atoms with Gasteiger partial charge < -0.3 is 29.5 Å². The largest absolute Gasteiger partial charge is 0.495 e. The maximum absolute atomic E-state index is 12.9. The minimum Gasteiger partial charge on any atom is -0.495 e. The summed E-state index contributed by atoms with van der Waals surface area (Å²) in [5.74, 6) is 3.66. The molecule has 0 bridgehead atoms. The lowest BCUT2D eigenvalue weighted by Gasteiger charge is -2.35. The number of methoxy groups -OCH3 is 2. The minimum absolute atomic E-state index is 0.194. The van der Waals surface area contributed by atoms with Crippen molar-refractivity contribution in [1.82, 2.24) is 14.9 Å². The van der Waals surface area contributed by atoms with Crippen LogP contribution in [0.4, 0.5) is 22.1 Å². The van der Waals surface area contributed by atoms with Crippen molar-refractivity contribution >= 4 is 35.0 Å². The van der Waals surface area contributed by atoms with Gasteiger partial charge in [0.1, 0.15) is 29.0 Å². The molecule has 2 fully saturated rings. The molecule has 0 aliphatic carbocycles. The second-order valence-corrected chi connectivity index (χ2v) is 8.32. The van der Waals surface area contributed by atoms with Gasteiger partial charge in [-0.2, -0.15) is 0 Å². The number of amides is 2. The molecule has 10 heteroatoms. The van der Waals surface area contributed by atoms with E-state index in [4.69, 9.17) is 21.1 Å². The quantitative estimate of drug-likeness (QED) is 0.732. The summed E-state index contributed by atoms with van der Waals surface area (Å²) >= 11 is 6.22. The second-order valence-electron chi connectivity index (χ2n) is 7.92. The molecular formula is C22H29ClN6O3. The number of anilines is 3. The fourth-order valence-corrected chi connectivity index (χ4v) is 4.34. The van der Waals surface area contributed by atoms with Crippen LogP contribution in [0.1, 0.15) is 18.7 Å². The normalized spacial score (nSPS) is 16.3. The van der Waals surface area contributed by atoms with Gasteiger partial charge in [-0.3, -0.25) is 0 Å². The van der Waals surface area contributed by atoms with Crippen LogP contribution in [0, 0.1) is 6.92 Å². The topological polar surface area (TPSA) is 83.1 Å². The Morgan fingerprint density at radius 2 is 1.50 bits per heavy atom. The number of halogens is 1. The number of urea groups is 1. The molecule has 2 aromatic rings. The molecule has 0 radical (unpaired) electrons. The lowest BCUT2D eigenvalue weighted by atomic mass is 10.2. The van der Waals surface area contributed by atoms with E-state index in [0.29, 0.717) is 48.4 Å². The van der Waals surface area contributed by atoms with Crippen LogP contribution < -0.4 is 24.6 Å². The van der Waals surface area contributed by atoms with Crippen LogP contribution >= 0.6 is 11.6 Å². The number of nitrogens with zero attached hydrogens (tertiary/aromatic N) is 5. The van der Waals surface area contributed by atoms with Crippen LogP contribution in [0.2, 0.25) is 5.02 Å². The van der Waals surface area contributed by atoms with Crippen molar-refractivity contribution in [3.8, 4) is 11.5 Å². The van der Waals surface area contributed by atoms with Crippen molar-refractivity contribution in [2.45, 2.75) is 19.8 Å². The highest BCUT2D eigenvalue weighted by molar-refractivity contribution is 6.32. The van der Waals surface area contributed by atoms with Gasteiger partial charge in [-0.05, 0) is 25.8 Å². The van der Waals surface area contributed by atoms with Crippen molar-refractivity contribution in [1.29, 1.82) is 0 Å². The SMILES string of the molecule is COc1cc(OC)c(NC(=O)N2CCN(c3cc(N4CCCC4)nc(C)n3)CC2)cc1Cl. The number of carbonyl (C=O) groups is 1. The smallest absolute Gasteiger partial charge is 0.322 e. The van der Waals surface area contributed by atoms with E-state index in [2.05, 4.69) is 31.2 Å². The Hall–Kier alpha value is -2.94. The summed E-state index contributed by atoms with van der Waals surface area (Å²) in [6.07, 6.45) is 2.41. The number of benzene rings is 1. The van der Waals surface area contributed by atoms with Crippen LogP contribution in [0.15, 0.2) is 18.2 Å². The first kappa shape index (κ1) is 22.3. The predicted octanol–water partition coefficient (Wildman–Crippen LogP) is 3.41. The number of ether oxygens (including phenoxy) is 2. The van der Waals surface area contributed by atoms with Crippen molar-refractivity contribution in [3.05, 3.63) is 29.0 Å². The zero-order valence-corrected chi connectivity index (χ0v) is 19.5. The van der Waals surface area contributed by atoms with Crippen LogP contribution in [-0.2, 0) is 0 Å². The number of nitrogens with one attached hydrogen (secondary N) is 1. The number of hydrogen-bond acceptors (Lipinski definition) is 7. The van der Waals surface area contributed by atoms with Gasteiger partial charge >= 0.3 is 6.03 Å². The molecule has 2 amide bonds. The van der Waals surface area contributed by atoms with Gasteiger partial charge in [0.05, 0.1) is 24.9 Å². The summed E-state index contributed by atoms with van der Waals surface area (Å²) < 4.78 is 10.6. The first-order valence-electron chi connectivity index (χ1n) is 10.8. The van der Waals surface area contributed by atoms with E-state index in [1.165, 1.54) is 27.1 Å². The van der Waals surface area contributed by atoms with Crippen LogP contribution in [0.5, 0.6) is 11.5 Å². The highest BCUT2D eigenvalue weighted by Crippen LogP contribution is 2.36. The van der Waals surface area contributed by atoms with Crippen molar-refractivity contribution in [2.24, 2.45) is 0 Å². The number of piperazine rings is 1. The monoisotopic (exact) mass is 460 g/mol. The molecule has 32 heavy (non-hydrogen) atoms. The van der Waals surface area contributed by atoms with Crippen LogP contribution in [0.3, 0.4) is 0 Å². The molecule has 2 saturated heterocycles. The molecule has 2 aliphatic heterocycles. The van der Waals surface area contributed by atoms with Gasteiger partial charge in [0.15, 0.2) is 0 Å². The Kier molecular flexibility index (Phi) is 6.74. The lowest BCUT2D eigenvalue weighted by molar-refractivity contribution is 0.208. The number of aryl methyl sites for hydroxylation is 1. The molecule has 172 valence electrons. The third-order valence-corrected chi connectivity index (χ3v) is 6.14. The number of hydrogen-bond donors (Lipinski definition) is 1. The molecule has 2 aliphatic rings. The first-order valence-corrected chi connectivity index (χ1v) is 11.2. The van der Waals surface area contributed by atoms with E-state index in [-0.39, 0.29) is 6.03 Å². The molecule has 0 spiro atoms. The summed E-state index contributed by atoms with van der Waals surface area (Å²) in [4.78, 5) is 28.4. The molecular weight excluding hydrogens is 432 g/mol. The first-order chi connectivity index (χ1) is 15.5. The highest BCUT2D eigenvalue weighted by Gasteiger charge is 2.24. The maximum Gasteiger partial charge on any atom is 0.322 e. The average Bonchev–Trinajstić information content (AvgIpc) is 3.34. The summed E-state index contributed by atoms with van der Waals surface area (Å²) in [5, 5.41) is 3.31.